The van der Waals surface area contributed by atoms with E-state index in [-0.39, 0.29) is 0 Å². The molecule has 2 aliphatic heterocycles. The molecule has 0 amide bonds. The molecule has 0 saturated carbocycles. The Bertz CT molecular complexity index is 1720. The maximum absolute atomic E-state index is 5.28. The molecule has 0 saturated heterocycles. The van der Waals surface area contributed by atoms with E-state index in [0.29, 0.717) is 0 Å². The van der Waals surface area contributed by atoms with Gasteiger partial charge >= 0.3 is 0 Å². The molecule has 6 heteroatoms. The third-order valence-electron chi connectivity index (χ3n) is 6.91. The summed E-state index contributed by atoms with van der Waals surface area (Å²) in [5.41, 5.74) is 5.35. The fourth-order valence-corrected chi connectivity index (χ4v) is 7.38. The Morgan fingerprint density at radius 3 is 1.59 bits per heavy atom. The molecule has 5 aromatic rings. The van der Waals surface area contributed by atoms with Gasteiger partial charge in [0.05, 0.1) is 11.4 Å². The topological polar surface area (TPSA) is 31.2 Å². The molecule has 41 heavy (non-hydrogen) atoms. The van der Waals surface area contributed by atoms with Crippen LogP contribution in [0.4, 0.5) is 11.4 Å². The van der Waals surface area contributed by atoms with Crippen LogP contribution in [0.3, 0.4) is 0 Å². The fourth-order valence-electron chi connectivity index (χ4n) is 4.94. The second-order valence-corrected chi connectivity index (χ2v) is 11.8. The quantitative estimate of drug-likeness (QED) is 0.205. The van der Waals surface area contributed by atoms with E-state index in [1.807, 2.05) is 24.3 Å². The first-order valence-corrected chi connectivity index (χ1v) is 15.1. The van der Waals surface area contributed by atoms with Gasteiger partial charge in [-0.3, -0.25) is 0 Å². The van der Waals surface area contributed by atoms with Crippen molar-refractivity contribution in [1.82, 2.24) is 0 Å². The minimum absolute atomic E-state index is 0.662. The predicted octanol–water partition coefficient (Wildman–Crippen LogP) is 8.91. The van der Waals surface area contributed by atoms with Crippen molar-refractivity contribution >= 4 is 45.0 Å². The number of hydrogen-bond acceptors (Lipinski definition) is 6. The van der Waals surface area contributed by atoms with Crippen LogP contribution in [0.15, 0.2) is 173 Å². The average molecular weight is 567 g/mol. The van der Waals surface area contributed by atoms with Gasteiger partial charge < -0.3 is 0 Å². The van der Waals surface area contributed by atoms with E-state index in [1.54, 1.807) is 23.5 Å². The van der Waals surface area contributed by atoms with Gasteiger partial charge in [0.2, 0.25) is 0 Å². The molecular weight excluding hydrogens is 541 g/mol. The van der Waals surface area contributed by atoms with Crippen molar-refractivity contribution in [3.63, 3.8) is 0 Å². The highest BCUT2D eigenvalue weighted by molar-refractivity contribution is 8.18. The summed E-state index contributed by atoms with van der Waals surface area (Å²) in [6.07, 6.45) is 2.33. The molecule has 0 radical (unpaired) electrons. The first-order chi connectivity index (χ1) is 20.3. The summed E-state index contributed by atoms with van der Waals surface area (Å²) in [7, 11) is 0. The van der Waals surface area contributed by atoms with Gasteiger partial charge in [-0.1, -0.05) is 139 Å². The smallest absolute Gasteiger partial charge is 0.160 e. The minimum atomic E-state index is -0.662. The molecule has 7 rings (SSSR count). The summed E-state index contributed by atoms with van der Waals surface area (Å²) in [4.78, 5) is -0.662. The zero-order valence-corrected chi connectivity index (χ0v) is 23.7. The molecule has 0 aliphatic carbocycles. The van der Waals surface area contributed by atoms with Gasteiger partial charge in [-0.25, -0.2) is 10.0 Å². The summed E-state index contributed by atoms with van der Waals surface area (Å²) in [6.45, 7) is 0. The van der Waals surface area contributed by atoms with E-state index in [1.165, 1.54) is 0 Å². The van der Waals surface area contributed by atoms with Crippen LogP contribution in [0.2, 0.25) is 0 Å². The van der Waals surface area contributed by atoms with Crippen molar-refractivity contribution in [2.24, 2.45) is 10.2 Å². The van der Waals surface area contributed by atoms with Crippen molar-refractivity contribution in [2.75, 3.05) is 10.0 Å². The highest BCUT2D eigenvalue weighted by atomic mass is 32.2. The van der Waals surface area contributed by atoms with E-state index in [0.717, 1.165) is 43.2 Å². The number of rotatable bonds is 6. The lowest BCUT2D eigenvalue weighted by atomic mass is 10.0. The lowest BCUT2D eigenvalue weighted by Gasteiger charge is -2.35. The minimum Gasteiger partial charge on any atom is -0.239 e. The number of hydrazone groups is 2. The summed E-state index contributed by atoms with van der Waals surface area (Å²) in [5, 5.41) is 17.6. The lowest BCUT2D eigenvalue weighted by Crippen LogP contribution is -2.36. The van der Waals surface area contributed by atoms with Crippen LogP contribution < -0.4 is 10.0 Å². The molecule has 198 valence electrons. The molecule has 5 aromatic carbocycles. The molecule has 0 unspecified atom stereocenters. The fraction of sp³-hybridized carbons (Fsp3) is 0.0286. The van der Waals surface area contributed by atoms with Crippen LogP contribution in [-0.2, 0) is 4.87 Å². The Balaban J connectivity index is 1.42. The van der Waals surface area contributed by atoms with Gasteiger partial charge in [-0.2, -0.15) is 10.2 Å². The Labute approximate surface area is 248 Å². The summed E-state index contributed by atoms with van der Waals surface area (Å²) < 4.78 is 0. The molecule has 0 fully saturated rings. The zero-order chi connectivity index (χ0) is 27.5. The average Bonchev–Trinajstić information content (AvgIpc) is 3.66. The number of hydrogen-bond donors (Lipinski definition) is 0. The summed E-state index contributed by atoms with van der Waals surface area (Å²) in [5.74, 6) is 0. The number of nitrogens with zero attached hydrogens (tertiary/aromatic N) is 4. The van der Waals surface area contributed by atoms with Gasteiger partial charge in [-0.15, -0.1) is 0 Å². The number of anilines is 2. The Kier molecular flexibility index (Phi) is 6.93. The van der Waals surface area contributed by atoms with Crippen molar-refractivity contribution < 1.29 is 0 Å². The highest BCUT2D eigenvalue weighted by Gasteiger charge is 2.46. The molecule has 4 nitrogen and oxygen atoms in total. The number of benzene rings is 5. The third-order valence-corrected chi connectivity index (χ3v) is 9.27. The van der Waals surface area contributed by atoms with E-state index in [2.05, 4.69) is 143 Å². The lowest BCUT2D eigenvalue weighted by molar-refractivity contribution is 0.713. The van der Waals surface area contributed by atoms with E-state index >= 15 is 0 Å². The Morgan fingerprint density at radius 2 is 1.00 bits per heavy atom. The van der Waals surface area contributed by atoms with Crippen molar-refractivity contribution in [3.8, 4) is 0 Å². The zero-order valence-electron chi connectivity index (χ0n) is 22.1. The van der Waals surface area contributed by atoms with Gasteiger partial charge in [0.15, 0.2) is 4.87 Å². The normalized spacial score (nSPS) is 19.4. The van der Waals surface area contributed by atoms with Crippen molar-refractivity contribution in [1.29, 1.82) is 0 Å². The van der Waals surface area contributed by atoms with Crippen LogP contribution in [0.5, 0.6) is 0 Å². The van der Waals surface area contributed by atoms with E-state index < -0.39 is 4.87 Å². The molecule has 0 N–H and O–H groups in total. The summed E-state index contributed by atoms with van der Waals surface area (Å²) >= 11 is 3.44. The van der Waals surface area contributed by atoms with Gasteiger partial charge in [0, 0.05) is 11.1 Å². The second-order valence-electron chi connectivity index (χ2n) is 9.59. The predicted molar refractivity (Wildman–Crippen MR) is 175 cm³/mol. The van der Waals surface area contributed by atoms with Crippen LogP contribution in [0.1, 0.15) is 16.7 Å². The SMILES string of the molecule is C(=C1\SC(c2ccccc2)=NN1c1ccccc1)/[C@@]1(c2ccccc2)SC(c2ccccc2)=NN1c1ccccc1. The summed E-state index contributed by atoms with van der Waals surface area (Å²) in [6, 6.07) is 52.2. The standard InChI is InChI=1S/C35H26N4S2/c1-6-16-27(17-7-1)33-36-38(30-22-12-4-13-23-30)32(40-33)26-35(29-20-10-3-11-21-29)39(31-24-14-5-15-25-31)37-34(41-35)28-18-8-2-9-19-28/h1-26H/b32-26+/t35-/m0/s1. The van der Waals surface area contributed by atoms with Crippen molar-refractivity contribution in [2.45, 2.75) is 4.87 Å². The van der Waals surface area contributed by atoms with Crippen LogP contribution in [0, 0.1) is 0 Å². The second kappa shape index (κ2) is 11.2. The molecular formula is C35H26N4S2. The number of thioether (sulfide) groups is 2. The third kappa shape index (κ3) is 4.97. The molecule has 1 atom stereocenters. The Hall–Kier alpha value is -4.52. The first kappa shape index (κ1) is 25.4. The van der Waals surface area contributed by atoms with Gasteiger partial charge in [0.1, 0.15) is 15.1 Å². The van der Waals surface area contributed by atoms with Crippen LogP contribution in [-0.4, -0.2) is 10.1 Å². The van der Waals surface area contributed by atoms with Crippen molar-refractivity contribution in [3.05, 3.63) is 179 Å². The van der Waals surface area contributed by atoms with Crippen LogP contribution in [0.25, 0.3) is 0 Å². The van der Waals surface area contributed by atoms with Gasteiger partial charge in [-0.05, 0) is 47.7 Å². The molecule has 2 aliphatic rings. The molecule has 0 bridgehead atoms. The highest BCUT2D eigenvalue weighted by Crippen LogP contribution is 2.52. The molecule has 0 spiro atoms. The van der Waals surface area contributed by atoms with E-state index in [9.17, 15) is 0 Å². The number of para-hydroxylation sites is 2. The monoisotopic (exact) mass is 566 g/mol. The maximum atomic E-state index is 5.28. The van der Waals surface area contributed by atoms with Gasteiger partial charge in [0.25, 0.3) is 0 Å². The molecule has 2 heterocycles. The van der Waals surface area contributed by atoms with Crippen LogP contribution >= 0.6 is 23.5 Å². The maximum Gasteiger partial charge on any atom is 0.160 e. The Morgan fingerprint density at radius 1 is 0.512 bits per heavy atom. The van der Waals surface area contributed by atoms with E-state index in [4.69, 9.17) is 10.2 Å². The molecule has 0 aromatic heterocycles. The first-order valence-electron chi connectivity index (χ1n) is 13.4. The largest absolute Gasteiger partial charge is 0.239 e.